The molecule has 0 atom stereocenters. The van der Waals surface area contributed by atoms with Crippen molar-refractivity contribution in [2.75, 3.05) is 5.32 Å². The summed E-state index contributed by atoms with van der Waals surface area (Å²) in [6, 6.07) is 15.9. The monoisotopic (exact) mass is 356 g/mol. The Morgan fingerprint density at radius 3 is 2.68 bits per heavy atom. The summed E-state index contributed by atoms with van der Waals surface area (Å²) in [5.41, 5.74) is 3.25. The smallest absolute Gasteiger partial charge is 0.224 e. The zero-order valence-electron chi connectivity index (χ0n) is 12.1. The number of amides is 1. The predicted molar refractivity (Wildman–Crippen MR) is 94.0 cm³/mol. The van der Waals surface area contributed by atoms with Gasteiger partial charge < -0.3 is 10.3 Å². The number of aryl methyl sites for hydroxylation is 1. The number of aromatic nitrogens is 1. The molecule has 3 aromatic rings. The molecular weight excluding hydrogens is 340 g/mol. The fraction of sp³-hybridized carbons (Fsp3) is 0.167. The minimum Gasteiger partial charge on any atom is -0.361 e. The highest BCUT2D eigenvalue weighted by Gasteiger charge is 2.06. The number of anilines is 1. The second-order valence-corrected chi connectivity index (χ2v) is 6.18. The van der Waals surface area contributed by atoms with Crippen molar-refractivity contribution in [2.24, 2.45) is 0 Å². The topological polar surface area (TPSA) is 44.9 Å². The summed E-state index contributed by atoms with van der Waals surface area (Å²) in [6.45, 7) is 0. The third-order valence-corrected chi connectivity index (χ3v) is 4.18. The summed E-state index contributed by atoms with van der Waals surface area (Å²) in [7, 11) is 0. The first kappa shape index (κ1) is 14.9. The van der Waals surface area contributed by atoms with Crippen LogP contribution in [0.2, 0.25) is 0 Å². The molecule has 0 aliphatic carbocycles. The molecule has 0 bridgehead atoms. The van der Waals surface area contributed by atoms with Crippen molar-refractivity contribution in [2.45, 2.75) is 19.3 Å². The van der Waals surface area contributed by atoms with Crippen LogP contribution in [0.1, 0.15) is 18.4 Å². The standard InChI is InChI=1S/C18H17BrN2O/c19-14-8-10-15(11-9-14)21-18(22)7-3-4-13-12-20-17-6-2-1-5-16(13)17/h1-2,5-6,8-12,20H,3-4,7H2,(H,21,22). The Labute approximate surface area is 137 Å². The highest BCUT2D eigenvalue weighted by molar-refractivity contribution is 9.10. The van der Waals surface area contributed by atoms with Crippen molar-refractivity contribution in [1.82, 2.24) is 4.98 Å². The van der Waals surface area contributed by atoms with Crippen LogP contribution in [0.15, 0.2) is 59.2 Å². The van der Waals surface area contributed by atoms with Crippen LogP contribution in [0.4, 0.5) is 5.69 Å². The lowest BCUT2D eigenvalue weighted by atomic mass is 10.1. The number of benzene rings is 2. The maximum Gasteiger partial charge on any atom is 0.224 e. The van der Waals surface area contributed by atoms with Crippen molar-refractivity contribution in [3.63, 3.8) is 0 Å². The van der Waals surface area contributed by atoms with Crippen LogP contribution >= 0.6 is 15.9 Å². The molecule has 0 saturated carbocycles. The van der Waals surface area contributed by atoms with Gasteiger partial charge in [-0.15, -0.1) is 0 Å². The predicted octanol–water partition coefficient (Wildman–Crippen LogP) is 4.89. The van der Waals surface area contributed by atoms with Crippen LogP contribution in [-0.2, 0) is 11.2 Å². The van der Waals surface area contributed by atoms with E-state index in [1.807, 2.05) is 42.6 Å². The SMILES string of the molecule is O=C(CCCc1c[nH]c2ccccc12)Nc1ccc(Br)cc1. The highest BCUT2D eigenvalue weighted by Crippen LogP contribution is 2.20. The lowest BCUT2D eigenvalue weighted by molar-refractivity contribution is -0.116. The third-order valence-electron chi connectivity index (χ3n) is 3.65. The average molecular weight is 357 g/mol. The first-order chi connectivity index (χ1) is 10.7. The number of para-hydroxylation sites is 1. The summed E-state index contributed by atoms with van der Waals surface area (Å²) in [6.07, 6.45) is 4.30. The number of H-pyrrole nitrogens is 1. The normalized spacial score (nSPS) is 10.8. The van der Waals surface area contributed by atoms with E-state index in [-0.39, 0.29) is 5.91 Å². The molecule has 0 aliphatic rings. The Balaban J connectivity index is 1.52. The fourth-order valence-corrected chi connectivity index (χ4v) is 2.80. The number of rotatable bonds is 5. The summed E-state index contributed by atoms with van der Waals surface area (Å²) >= 11 is 3.38. The summed E-state index contributed by atoms with van der Waals surface area (Å²) < 4.78 is 1.00. The molecule has 112 valence electrons. The summed E-state index contributed by atoms with van der Waals surface area (Å²) in [4.78, 5) is 15.2. The van der Waals surface area contributed by atoms with Crippen LogP contribution in [0.25, 0.3) is 10.9 Å². The second-order valence-electron chi connectivity index (χ2n) is 5.27. The van der Waals surface area contributed by atoms with E-state index in [0.29, 0.717) is 6.42 Å². The van der Waals surface area contributed by atoms with Gasteiger partial charge in [-0.3, -0.25) is 4.79 Å². The molecule has 2 N–H and O–H groups in total. The number of carbonyl (C=O) groups is 1. The Morgan fingerprint density at radius 2 is 1.86 bits per heavy atom. The molecule has 1 heterocycles. The van der Waals surface area contributed by atoms with E-state index in [1.165, 1.54) is 10.9 Å². The van der Waals surface area contributed by atoms with Gasteiger partial charge in [-0.2, -0.15) is 0 Å². The van der Waals surface area contributed by atoms with Crippen LogP contribution < -0.4 is 5.32 Å². The minimum absolute atomic E-state index is 0.0576. The van der Waals surface area contributed by atoms with Gasteiger partial charge in [0, 0.05) is 33.7 Å². The molecule has 0 saturated heterocycles. The largest absolute Gasteiger partial charge is 0.361 e. The molecule has 1 aromatic heterocycles. The zero-order chi connectivity index (χ0) is 15.4. The molecule has 4 heteroatoms. The highest BCUT2D eigenvalue weighted by atomic mass is 79.9. The van der Waals surface area contributed by atoms with Crippen LogP contribution in [0, 0.1) is 0 Å². The molecule has 22 heavy (non-hydrogen) atoms. The van der Waals surface area contributed by atoms with Gasteiger partial charge >= 0.3 is 0 Å². The minimum atomic E-state index is 0.0576. The Morgan fingerprint density at radius 1 is 1.09 bits per heavy atom. The lowest BCUT2D eigenvalue weighted by Crippen LogP contribution is -2.11. The van der Waals surface area contributed by atoms with Crippen molar-refractivity contribution >= 4 is 38.4 Å². The summed E-state index contributed by atoms with van der Waals surface area (Å²) in [5.74, 6) is 0.0576. The second kappa shape index (κ2) is 6.79. The van der Waals surface area contributed by atoms with Gasteiger partial charge in [0.2, 0.25) is 5.91 Å². The quantitative estimate of drug-likeness (QED) is 0.671. The lowest BCUT2D eigenvalue weighted by Gasteiger charge is -2.05. The Hall–Kier alpha value is -2.07. The molecule has 0 fully saturated rings. The van der Waals surface area contributed by atoms with Crippen molar-refractivity contribution in [1.29, 1.82) is 0 Å². The van der Waals surface area contributed by atoms with E-state index < -0.39 is 0 Å². The molecule has 0 aliphatic heterocycles. The number of fused-ring (bicyclic) bond motifs is 1. The molecule has 3 nitrogen and oxygen atoms in total. The van der Waals surface area contributed by atoms with E-state index >= 15 is 0 Å². The first-order valence-corrected chi connectivity index (χ1v) is 8.12. The Kier molecular flexibility index (Phi) is 4.59. The van der Waals surface area contributed by atoms with E-state index in [2.05, 4.69) is 38.4 Å². The van der Waals surface area contributed by atoms with Gasteiger partial charge in [0.15, 0.2) is 0 Å². The summed E-state index contributed by atoms with van der Waals surface area (Å²) in [5, 5.41) is 4.16. The van der Waals surface area contributed by atoms with E-state index in [0.717, 1.165) is 28.5 Å². The molecule has 0 unspecified atom stereocenters. The third kappa shape index (κ3) is 3.57. The molecule has 0 radical (unpaired) electrons. The Bertz CT molecular complexity index is 777. The maximum absolute atomic E-state index is 12.0. The van der Waals surface area contributed by atoms with Gasteiger partial charge in [0.05, 0.1) is 0 Å². The number of aromatic amines is 1. The van der Waals surface area contributed by atoms with Crippen molar-refractivity contribution in [3.05, 3.63) is 64.8 Å². The van der Waals surface area contributed by atoms with E-state index in [1.54, 1.807) is 0 Å². The van der Waals surface area contributed by atoms with Crippen molar-refractivity contribution < 1.29 is 4.79 Å². The van der Waals surface area contributed by atoms with E-state index in [9.17, 15) is 4.79 Å². The van der Waals surface area contributed by atoms with Crippen molar-refractivity contribution in [3.8, 4) is 0 Å². The number of carbonyl (C=O) groups excluding carboxylic acids is 1. The molecule has 1 amide bonds. The van der Waals surface area contributed by atoms with Crippen LogP contribution in [-0.4, -0.2) is 10.9 Å². The first-order valence-electron chi connectivity index (χ1n) is 7.33. The number of halogens is 1. The molecular formula is C18H17BrN2O. The number of hydrogen-bond acceptors (Lipinski definition) is 1. The molecule has 0 spiro atoms. The fourth-order valence-electron chi connectivity index (χ4n) is 2.53. The van der Waals surface area contributed by atoms with Gasteiger partial charge in [0.1, 0.15) is 0 Å². The van der Waals surface area contributed by atoms with Crippen LogP contribution in [0.3, 0.4) is 0 Å². The van der Waals surface area contributed by atoms with Gasteiger partial charge in [0.25, 0.3) is 0 Å². The zero-order valence-corrected chi connectivity index (χ0v) is 13.7. The van der Waals surface area contributed by atoms with Gasteiger partial charge in [-0.25, -0.2) is 0 Å². The average Bonchev–Trinajstić information content (AvgIpc) is 2.93. The number of nitrogens with one attached hydrogen (secondary N) is 2. The van der Waals surface area contributed by atoms with Gasteiger partial charge in [-0.05, 0) is 48.7 Å². The van der Waals surface area contributed by atoms with E-state index in [4.69, 9.17) is 0 Å². The maximum atomic E-state index is 12.0. The van der Waals surface area contributed by atoms with Crippen LogP contribution in [0.5, 0.6) is 0 Å². The molecule has 2 aromatic carbocycles. The van der Waals surface area contributed by atoms with Gasteiger partial charge in [-0.1, -0.05) is 34.1 Å². The number of hydrogen-bond donors (Lipinski definition) is 2. The molecule has 3 rings (SSSR count).